The molecule has 0 aliphatic rings. The Kier molecular flexibility index (Phi) is 5.20. The monoisotopic (exact) mass is 246 g/mol. The molecule has 0 N–H and O–H groups in total. The molecule has 0 fully saturated rings. The van der Waals surface area contributed by atoms with Crippen molar-refractivity contribution in [3.8, 4) is 0 Å². The average molecular weight is 247 g/mol. The molecule has 0 amide bonds. The van der Waals surface area contributed by atoms with Gasteiger partial charge in [0, 0.05) is 11.4 Å². The first-order chi connectivity index (χ1) is 7.54. The van der Waals surface area contributed by atoms with Crippen LogP contribution in [0.1, 0.15) is 32.3 Å². The number of halogens is 3. The van der Waals surface area contributed by atoms with Crippen LogP contribution in [0.3, 0.4) is 0 Å². The van der Waals surface area contributed by atoms with Gasteiger partial charge in [-0.1, -0.05) is 26.3 Å². The standard InChI is InChI=1S/C13H17ClF2/c1-3-4-9(2)12(14)7-10-5-6-11(15)8-13(10)16/h5-6,8-9,12H,3-4,7H2,1-2H3. The summed E-state index contributed by atoms with van der Waals surface area (Å²) >= 11 is 6.20. The maximum atomic E-state index is 13.4. The average Bonchev–Trinajstić information content (AvgIpc) is 2.22. The lowest BCUT2D eigenvalue weighted by Crippen LogP contribution is -2.15. The normalized spacial score (nSPS) is 14.8. The SMILES string of the molecule is CCCC(C)C(Cl)Cc1ccc(F)cc1F. The quantitative estimate of drug-likeness (QED) is 0.669. The van der Waals surface area contributed by atoms with E-state index in [0.29, 0.717) is 17.9 Å². The first-order valence-corrected chi connectivity index (χ1v) is 6.06. The lowest BCUT2D eigenvalue weighted by molar-refractivity contribution is 0.485. The van der Waals surface area contributed by atoms with E-state index in [1.807, 2.05) is 0 Å². The van der Waals surface area contributed by atoms with Crippen molar-refractivity contribution >= 4 is 11.6 Å². The second-order valence-corrected chi connectivity index (χ2v) is 4.78. The van der Waals surface area contributed by atoms with Crippen molar-refractivity contribution in [2.75, 3.05) is 0 Å². The lowest BCUT2D eigenvalue weighted by Gasteiger charge is -2.17. The molecular formula is C13H17ClF2. The van der Waals surface area contributed by atoms with Crippen LogP contribution in [0, 0.1) is 17.6 Å². The van der Waals surface area contributed by atoms with E-state index in [9.17, 15) is 8.78 Å². The van der Waals surface area contributed by atoms with Gasteiger partial charge in [-0.2, -0.15) is 0 Å². The summed E-state index contributed by atoms with van der Waals surface area (Å²) in [4.78, 5) is 0. The molecule has 1 aromatic carbocycles. The third kappa shape index (κ3) is 3.75. The van der Waals surface area contributed by atoms with E-state index in [1.165, 1.54) is 12.1 Å². The topological polar surface area (TPSA) is 0 Å². The van der Waals surface area contributed by atoms with E-state index < -0.39 is 11.6 Å². The Labute approximate surface area is 101 Å². The summed E-state index contributed by atoms with van der Waals surface area (Å²) in [5, 5.41) is -0.0973. The van der Waals surface area contributed by atoms with Gasteiger partial charge >= 0.3 is 0 Å². The highest BCUT2D eigenvalue weighted by Crippen LogP contribution is 2.22. The van der Waals surface area contributed by atoms with Gasteiger partial charge in [-0.3, -0.25) is 0 Å². The van der Waals surface area contributed by atoms with Crippen molar-refractivity contribution in [3.05, 3.63) is 35.4 Å². The predicted molar refractivity (Wildman–Crippen MR) is 63.8 cm³/mol. The molecule has 90 valence electrons. The Morgan fingerprint density at radius 1 is 1.31 bits per heavy atom. The van der Waals surface area contributed by atoms with Gasteiger partial charge in [0.1, 0.15) is 11.6 Å². The molecule has 16 heavy (non-hydrogen) atoms. The Hall–Kier alpha value is -0.630. The van der Waals surface area contributed by atoms with Crippen LogP contribution in [-0.4, -0.2) is 5.38 Å². The number of rotatable bonds is 5. The molecule has 1 aromatic rings. The summed E-state index contributed by atoms with van der Waals surface area (Å²) in [6, 6.07) is 3.65. The van der Waals surface area contributed by atoms with E-state index in [4.69, 9.17) is 11.6 Å². The summed E-state index contributed by atoms with van der Waals surface area (Å²) in [5.41, 5.74) is 0.490. The van der Waals surface area contributed by atoms with Gasteiger partial charge in [-0.05, 0) is 30.4 Å². The van der Waals surface area contributed by atoms with E-state index in [2.05, 4.69) is 13.8 Å². The molecule has 0 heterocycles. The van der Waals surface area contributed by atoms with Gasteiger partial charge in [0.15, 0.2) is 0 Å². The fourth-order valence-corrected chi connectivity index (χ4v) is 2.03. The maximum absolute atomic E-state index is 13.4. The van der Waals surface area contributed by atoms with Crippen LogP contribution in [-0.2, 0) is 6.42 Å². The van der Waals surface area contributed by atoms with Gasteiger partial charge in [0.05, 0.1) is 0 Å². The van der Waals surface area contributed by atoms with Crippen molar-refractivity contribution in [2.45, 2.75) is 38.5 Å². The van der Waals surface area contributed by atoms with E-state index in [1.54, 1.807) is 0 Å². The summed E-state index contributed by atoms with van der Waals surface area (Å²) in [5.74, 6) is -0.709. The zero-order chi connectivity index (χ0) is 12.1. The van der Waals surface area contributed by atoms with E-state index >= 15 is 0 Å². The first kappa shape index (κ1) is 13.4. The van der Waals surface area contributed by atoms with Crippen LogP contribution in [0.2, 0.25) is 0 Å². The Balaban J connectivity index is 2.65. The largest absolute Gasteiger partial charge is 0.207 e. The second-order valence-electron chi connectivity index (χ2n) is 4.22. The Morgan fingerprint density at radius 2 is 2.00 bits per heavy atom. The highest BCUT2D eigenvalue weighted by atomic mass is 35.5. The number of alkyl halides is 1. The highest BCUT2D eigenvalue weighted by molar-refractivity contribution is 6.20. The van der Waals surface area contributed by atoms with Crippen molar-refractivity contribution in [3.63, 3.8) is 0 Å². The van der Waals surface area contributed by atoms with Gasteiger partial charge in [-0.25, -0.2) is 8.78 Å². The summed E-state index contributed by atoms with van der Waals surface area (Å²) < 4.78 is 26.1. The Bertz CT molecular complexity index is 339. The van der Waals surface area contributed by atoms with Crippen LogP contribution in [0.5, 0.6) is 0 Å². The molecule has 1 rings (SSSR count). The number of hydrogen-bond acceptors (Lipinski definition) is 0. The maximum Gasteiger partial charge on any atom is 0.129 e. The van der Waals surface area contributed by atoms with E-state index in [0.717, 1.165) is 18.9 Å². The minimum absolute atomic E-state index is 0.0973. The number of hydrogen-bond donors (Lipinski definition) is 0. The molecule has 0 saturated carbocycles. The highest BCUT2D eigenvalue weighted by Gasteiger charge is 2.16. The second kappa shape index (κ2) is 6.19. The smallest absolute Gasteiger partial charge is 0.129 e. The zero-order valence-corrected chi connectivity index (χ0v) is 10.4. The van der Waals surface area contributed by atoms with Gasteiger partial charge in [-0.15, -0.1) is 11.6 Å². The van der Waals surface area contributed by atoms with Crippen LogP contribution < -0.4 is 0 Å². The van der Waals surface area contributed by atoms with Gasteiger partial charge in [0.2, 0.25) is 0 Å². The summed E-state index contributed by atoms with van der Waals surface area (Å²) in [7, 11) is 0. The Morgan fingerprint density at radius 3 is 2.56 bits per heavy atom. The molecule has 0 aliphatic heterocycles. The molecule has 2 atom stereocenters. The summed E-state index contributed by atoms with van der Waals surface area (Å²) in [6.07, 6.45) is 2.54. The molecule has 0 aliphatic carbocycles. The molecule has 0 nitrogen and oxygen atoms in total. The third-order valence-corrected chi connectivity index (χ3v) is 3.38. The molecule has 2 unspecified atom stereocenters. The fourth-order valence-electron chi connectivity index (χ4n) is 1.73. The predicted octanol–water partition coefficient (Wildman–Crippen LogP) is 4.55. The number of benzene rings is 1. The summed E-state index contributed by atoms with van der Waals surface area (Å²) in [6.45, 7) is 4.15. The molecule has 0 saturated heterocycles. The molecule has 0 spiro atoms. The minimum atomic E-state index is -0.547. The van der Waals surface area contributed by atoms with E-state index in [-0.39, 0.29) is 5.38 Å². The van der Waals surface area contributed by atoms with Crippen LogP contribution in [0.4, 0.5) is 8.78 Å². The van der Waals surface area contributed by atoms with Crippen molar-refractivity contribution < 1.29 is 8.78 Å². The lowest BCUT2D eigenvalue weighted by atomic mass is 9.96. The fraction of sp³-hybridized carbons (Fsp3) is 0.538. The molecule has 0 bridgehead atoms. The van der Waals surface area contributed by atoms with Gasteiger partial charge in [0.25, 0.3) is 0 Å². The van der Waals surface area contributed by atoms with Crippen LogP contribution in [0.25, 0.3) is 0 Å². The van der Waals surface area contributed by atoms with Crippen molar-refractivity contribution in [1.29, 1.82) is 0 Å². The van der Waals surface area contributed by atoms with Crippen molar-refractivity contribution in [2.24, 2.45) is 5.92 Å². The zero-order valence-electron chi connectivity index (χ0n) is 9.64. The van der Waals surface area contributed by atoms with Crippen LogP contribution in [0.15, 0.2) is 18.2 Å². The molecule has 0 aromatic heterocycles. The van der Waals surface area contributed by atoms with Crippen molar-refractivity contribution in [1.82, 2.24) is 0 Å². The van der Waals surface area contributed by atoms with Gasteiger partial charge < -0.3 is 0 Å². The van der Waals surface area contributed by atoms with Crippen LogP contribution >= 0.6 is 11.6 Å². The minimum Gasteiger partial charge on any atom is -0.207 e. The molecular weight excluding hydrogens is 230 g/mol. The first-order valence-electron chi connectivity index (χ1n) is 5.62. The third-order valence-electron chi connectivity index (χ3n) is 2.79. The molecule has 3 heteroatoms. The molecule has 0 radical (unpaired) electrons.